The summed E-state index contributed by atoms with van der Waals surface area (Å²) in [6.45, 7) is 6.47. The Bertz CT molecular complexity index is 787. The fourth-order valence-corrected chi connectivity index (χ4v) is 3.09. The quantitative estimate of drug-likeness (QED) is 0.634. The van der Waals surface area contributed by atoms with Gasteiger partial charge in [-0.05, 0) is 37.6 Å². The summed E-state index contributed by atoms with van der Waals surface area (Å²) in [4.78, 5) is 27.5. The van der Waals surface area contributed by atoms with Crippen molar-refractivity contribution in [1.82, 2.24) is 4.90 Å². The molecular weight excluding hydrogens is 318 g/mol. The number of hydrogen-bond donors (Lipinski definition) is 0. The Balaban J connectivity index is 1.93. The highest BCUT2D eigenvalue weighted by molar-refractivity contribution is 6.06. The lowest BCUT2D eigenvalue weighted by atomic mass is 10.1. The summed E-state index contributed by atoms with van der Waals surface area (Å²) in [6, 6.07) is 14.1. The van der Waals surface area contributed by atoms with Crippen molar-refractivity contribution in [2.45, 2.75) is 26.4 Å². The van der Waals surface area contributed by atoms with Crippen molar-refractivity contribution in [3.63, 3.8) is 0 Å². The van der Waals surface area contributed by atoms with Crippen LogP contribution in [-0.4, -0.2) is 34.9 Å². The van der Waals surface area contributed by atoms with Crippen LogP contribution < -0.4 is 4.90 Å². The third-order valence-electron chi connectivity index (χ3n) is 4.57. The van der Waals surface area contributed by atoms with Crippen LogP contribution in [0.2, 0.25) is 0 Å². The van der Waals surface area contributed by atoms with Crippen molar-refractivity contribution in [3.05, 3.63) is 69.8 Å². The van der Waals surface area contributed by atoms with Gasteiger partial charge in [0.05, 0.1) is 4.92 Å². The topological polar surface area (TPSA) is 66.7 Å². The Hall–Kier alpha value is -2.73. The first kappa shape index (κ1) is 17.1. The van der Waals surface area contributed by atoms with Gasteiger partial charge in [0, 0.05) is 49.1 Å². The monoisotopic (exact) mass is 339 g/mol. The highest BCUT2D eigenvalue weighted by Gasteiger charge is 2.26. The van der Waals surface area contributed by atoms with Crippen LogP contribution in [-0.2, 0) is 6.54 Å². The van der Waals surface area contributed by atoms with Crippen molar-refractivity contribution in [3.8, 4) is 0 Å². The molecular formula is C19H21N3O3. The number of rotatable bonds is 3. The Morgan fingerprint density at radius 1 is 1.08 bits per heavy atom. The van der Waals surface area contributed by atoms with Crippen LogP contribution in [0.25, 0.3) is 0 Å². The molecule has 6 heteroatoms. The molecule has 0 bridgehead atoms. The molecule has 1 aliphatic heterocycles. The van der Waals surface area contributed by atoms with Crippen molar-refractivity contribution in [2.75, 3.05) is 18.0 Å². The zero-order valence-corrected chi connectivity index (χ0v) is 14.4. The van der Waals surface area contributed by atoms with Gasteiger partial charge in [-0.1, -0.05) is 18.2 Å². The molecule has 0 aliphatic carbocycles. The van der Waals surface area contributed by atoms with E-state index in [1.54, 1.807) is 4.90 Å². The number of para-hydroxylation sites is 1. The summed E-state index contributed by atoms with van der Waals surface area (Å²) in [5, 5.41) is 10.8. The largest absolute Gasteiger partial charge is 0.307 e. The molecule has 2 aromatic carbocycles. The lowest BCUT2D eigenvalue weighted by molar-refractivity contribution is -0.384. The molecule has 0 fully saturated rings. The predicted molar refractivity (Wildman–Crippen MR) is 96.8 cm³/mol. The first-order valence-corrected chi connectivity index (χ1v) is 8.35. The number of nitrogens with zero attached hydrogens (tertiary/aromatic N) is 3. The maximum Gasteiger partial charge on any atom is 0.269 e. The van der Waals surface area contributed by atoms with E-state index in [9.17, 15) is 14.9 Å². The second kappa shape index (κ2) is 7.03. The number of benzene rings is 2. The van der Waals surface area contributed by atoms with Crippen LogP contribution in [0, 0.1) is 10.1 Å². The van der Waals surface area contributed by atoms with E-state index in [4.69, 9.17) is 0 Å². The maximum absolute atomic E-state index is 13.0. The summed E-state index contributed by atoms with van der Waals surface area (Å²) < 4.78 is 0. The number of non-ortho nitro benzene ring substituents is 1. The second-order valence-electron chi connectivity index (χ2n) is 6.45. The van der Waals surface area contributed by atoms with Gasteiger partial charge in [0.15, 0.2) is 0 Å². The van der Waals surface area contributed by atoms with E-state index >= 15 is 0 Å². The highest BCUT2D eigenvalue weighted by Crippen LogP contribution is 2.27. The van der Waals surface area contributed by atoms with Crippen LogP contribution in [0.4, 0.5) is 11.4 Å². The molecule has 0 radical (unpaired) electrons. The number of fused-ring (bicyclic) bond motifs is 1. The standard InChI is InChI=1S/C19H21N3O3/c1-14(2)20-11-12-21(18-6-4-3-5-16(18)13-20)19(23)15-7-9-17(10-8-15)22(24)25/h3-10,14H,11-13H2,1-2H3. The second-order valence-corrected chi connectivity index (χ2v) is 6.45. The van der Waals surface area contributed by atoms with Gasteiger partial charge < -0.3 is 4.90 Å². The predicted octanol–water partition coefficient (Wildman–Crippen LogP) is 3.47. The van der Waals surface area contributed by atoms with Crippen LogP contribution in [0.5, 0.6) is 0 Å². The van der Waals surface area contributed by atoms with Gasteiger partial charge in [-0.3, -0.25) is 19.8 Å². The molecule has 130 valence electrons. The fourth-order valence-electron chi connectivity index (χ4n) is 3.09. The number of nitro benzene ring substituents is 1. The van der Waals surface area contributed by atoms with Gasteiger partial charge in [0.25, 0.3) is 11.6 Å². The molecule has 25 heavy (non-hydrogen) atoms. The van der Waals surface area contributed by atoms with E-state index in [1.807, 2.05) is 24.3 Å². The molecule has 1 amide bonds. The number of carbonyl (C=O) groups is 1. The smallest absolute Gasteiger partial charge is 0.269 e. The van der Waals surface area contributed by atoms with Crippen molar-refractivity contribution in [1.29, 1.82) is 0 Å². The molecule has 1 heterocycles. The van der Waals surface area contributed by atoms with E-state index in [-0.39, 0.29) is 11.6 Å². The van der Waals surface area contributed by atoms with Gasteiger partial charge in [-0.2, -0.15) is 0 Å². The van der Waals surface area contributed by atoms with Crippen molar-refractivity contribution >= 4 is 17.3 Å². The van der Waals surface area contributed by atoms with E-state index < -0.39 is 4.92 Å². The first-order chi connectivity index (χ1) is 12.0. The molecule has 0 spiro atoms. The molecule has 0 aromatic heterocycles. The number of carbonyl (C=O) groups excluding carboxylic acids is 1. The third kappa shape index (κ3) is 3.53. The Labute approximate surface area is 146 Å². The number of nitro groups is 1. The minimum absolute atomic E-state index is 0.0150. The van der Waals surface area contributed by atoms with Crippen LogP contribution in [0.3, 0.4) is 0 Å². The SMILES string of the molecule is CC(C)N1CCN(C(=O)c2ccc([N+](=O)[O-])cc2)c2ccccc2C1. The zero-order valence-electron chi connectivity index (χ0n) is 14.4. The Morgan fingerprint density at radius 3 is 2.40 bits per heavy atom. The lowest BCUT2D eigenvalue weighted by Crippen LogP contribution is -2.38. The third-order valence-corrected chi connectivity index (χ3v) is 4.57. The van der Waals surface area contributed by atoms with Crippen LogP contribution in [0.15, 0.2) is 48.5 Å². The van der Waals surface area contributed by atoms with Crippen LogP contribution in [0.1, 0.15) is 29.8 Å². The van der Waals surface area contributed by atoms with Crippen LogP contribution >= 0.6 is 0 Å². The van der Waals surface area contributed by atoms with E-state index in [1.165, 1.54) is 24.3 Å². The number of amides is 1. The molecule has 0 atom stereocenters. The number of anilines is 1. The van der Waals surface area contributed by atoms with Gasteiger partial charge >= 0.3 is 0 Å². The van der Waals surface area contributed by atoms with Crippen molar-refractivity contribution < 1.29 is 9.72 Å². The summed E-state index contributed by atoms with van der Waals surface area (Å²) in [6.07, 6.45) is 0. The molecule has 6 nitrogen and oxygen atoms in total. The average Bonchev–Trinajstić information content (AvgIpc) is 2.81. The summed E-state index contributed by atoms with van der Waals surface area (Å²) in [5.74, 6) is -0.132. The van der Waals surface area contributed by atoms with Crippen molar-refractivity contribution in [2.24, 2.45) is 0 Å². The normalized spacial score (nSPS) is 14.9. The Kier molecular flexibility index (Phi) is 4.81. The molecule has 3 rings (SSSR count). The minimum atomic E-state index is -0.462. The highest BCUT2D eigenvalue weighted by atomic mass is 16.6. The summed E-state index contributed by atoms with van der Waals surface area (Å²) in [5.41, 5.74) is 2.47. The van der Waals surface area contributed by atoms with Gasteiger partial charge in [0.1, 0.15) is 0 Å². The molecule has 0 saturated heterocycles. The maximum atomic E-state index is 13.0. The zero-order chi connectivity index (χ0) is 18.0. The molecule has 2 aromatic rings. The summed E-state index contributed by atoms with van der Waals surface area (Å²) in [7, 11) is 0. The lowest BCUT2D eigenvalue weighted by Gasteiger charge is -2.25. The summed E-state index contributed by atoms with van der Waals surface area (Å²) >= 11 is 0. The van der Waals surface area contributed by atoms with Gasteiger partial charge in [-0.15, -0.1) is 0 Å². The van der Waals surface area contributed by atoms with Gasteiger partial charge in [0.2, 0.25) is 0 Å². The molecule has 0 unspecified atom stereocenters. The fraction of sp³-hybridized carbons (Fsp3) is 0.316. The average molecular weight is 339 g/mol. The van der Waals surface area contributed by atoms with Gasteiger partial charge in [-0.25, -0.2) is 0 Å². The number of hydrogen-bond acceptors (Lipinski definition) is 4. The Morgan fingerprint density at radius 2 is 1.76 bits per heavy atom. The minimum Gasteiger partial charge on any atom is -0.307 e. The molecule has 0 N–H and O–H groups in total. The van der Waals surface area contributed by atoms with E-state index in [2.05, 4.69) is 18.7 Å². The van der Waals surface area contributed by atoms with E-state index in [0.717, 1.165) is 24.3 Å². The molecule has 0 saturated carbocycles. The molecule has 1 aliphatic rings. The van der Waals surface area contributed by atoms with E-state index in [0.29, 0.717) is 18.2 Å². The first-order valence-electron chi connectivity index (χ1n) is 8.35.